The second kappa shape index (κ2) is 25.2. The first kappa shape index (κ1) is 50.4. The van der Waals surface area contributed by atoms with E-state index in [9.17, 15) is 19.3 Å². The fraction of sp³-hybridized carbons (Fsp3) is 0.542. The number of hydrogen-bond donors (Lipinski definition) is 2. The molecule has 0 aromatic heterocycles. The largest absolute Gasteiger partial charge is 0.507 e. The van der Waals surface area contributed by atoms with Gasteiger partial charge < -0.3 is 37.8 Å². The molecule has 3 aromatic rings. The van der Waals surface area contributed by atoms with E-state index in [1.54, 1.807) is 24.3 Å². The molecule has 2 aliphatic rings. The van der Waals surface area contributed by atoms with Crippen LogP contribution in [0.3, 0.4) is 0 Å². The highest BCUT2D eigenvalue weighted by atomic mass is 35.5. The van der Waals surface area contributed by atoms with Gasteiger partial charge in [-0.15, -0.1) is 23.2 Å². The summed E-state index contributed by atoms with van der Waals surface area (Å²) in [6, 6.07) is 12.8. The van der Waals surface area contributed by atoms with Gasteiger partial charge in [0.25, 0.3) is 0 Å². The lowest BCUT2D eigenvalue weighted by Crippen LogP contribution is -2.30. The lowest BCUT2D eigenvalue weighted by atomic mass is 9.82. The second-order valence-electron chi connectivity index (χ2n) is 15.9. The van der Waals surface area contributed by atoms with Gasteiger partial charge in [0.15, 0.2) is 0 Å². The predicted octanol–water partition coefficient (Wildman–Crippen LogP) is 11.6. The molecule has 3 aromatic carbocycles. The first-order valence-corrected chi connectivity index (χ1v) is 26.5. The molecule has 0 fully saturated rings. The molecule has 0 saturated carbocycles. The van der Waals surface area contributed by atoms with Gasteiger partial charge in [-0.25, -0.2) is 0 Å². The van der Waals surface area contributed by atoms with Crippen LogP contribution in [0.4, 0.5) is 0 Å². The molecule has 0 heterocycles. The molecule has 2 aliphatic carbocycles. The minimum atomic E-state index is -3.82. The van der Waals surface area contributed by atoms with E-state index in [0.29, 0.717) is 102 Å². The molecule has 342 valence electrons. The van der Waals surface area contributed by atoms with Gasteiger partial charge in [0.1, 0.15) is 17.2 Å². The van der Waals surface area contributed by atoms with Gasteiger partial charge in [0, 0.05) is 37.1 Å². The number of unbranched alkanes of at least 4 members (excludes halogenated alkanes) is 2. The second-order valence-corrected chi connectivity index (χ2v) is 20.7. The Morgan fingerprint density at radius 3 is 1.58 bits per heavy atom. The van der Waals surface area contributed by atoms with Gasteiger partial charge in [-0.2, -0.15) is 0 Å². The van der Waals surface area contributed by atoms with E-state index in [4.69, 9.17) is 50.8 Å². The maximum Gasteiger partial charge on any atom is 0.361 e. The average Bonchev–Trinajstić information content (AvgIpc) is 3.27. The first-order chi connectivity index (χ1) is 30.0. The number of allylic oxidation sites excluding steroid dienone is 2. The van der Waals surface area contributed by atoms with Crippen molar-refractivity contribution in [1.29, 1.82) is 0 Å². The topological polar surface area (TPSA) is 130 Å². The smallest absolute Gasteiger partial charge is 0.361 e. The van der Waals surface area contributed by atoms with Gasteiger partial charge >= 0.3 is 15.2 Å². The van der Waals surface area contributed by atoms with Crippen molar-refractivity contribution < 1.29 is 46.9 Å². The number of para-hydroxylation sites is 1. The van der Waals surface area contributed by atoms with Crippen molar-refractivity contribution in [2.45, 2.75) is 111 Å². The van der Waals surface area contributed by atoms with E-state index in [0.717, 1.165) is 36.0 Å². The van der Waals surface area contributed by atoms with Gasteiger partial charge in [-0.3, -0.25) is 9.13 Å². The molecule has 0 aliphatic heterocycles. The fourth-order valence-electron chi connectivity index (χ4n) is 7.70. The van der Waals surface area contributed by atoms with Crippen LogP contribution < -0.4 is 15.3 Å². The number of alkyl halides is 2. The Labute approximate surface area is 379 Å². The summed E-state index contributed by atoms with van der Waals surface area (Å²) in [4.78, 5) is 0. The predicted molar refractivity (Wildman–Crippen MR) is 251 cm³/mol. The minimum absolute atomic E-state index is 0.0761. The SMILES string of the molecule is CCCOP(=O)(OCCC)c1cc2c(O)c(c1)Cc1cccc(c1OCCCCCl)Cc1cc(P(=O)(OCCC)OCCC)cc(c1O)CC1C=CC=C(C2)C1OCCCCCl. The van der Waals surface area contributed by atoms with Crippen LogP contribution in [0.25, 0.3) is 0 Å². The van der Waals surface area contributed by atoms with Crippen LogP contribution in [0, 0.1) is 5.92 Å². The lowest BCUT2D eigenvalue weighted by molar-refractivity contribution is 0.0457. The van der Waals surface area contributed by atoms with E-state index in [1.807, 2.05) is 58.0 Å². The van der Waals surface area contributed by atoms with Crippen molar-refractivity contribution in [3.63, 3.8) is 0 Å². The number of ether oxygens (including phenoxy) is 2. The molecule has 2 atom stereocenters. The van der Waals surface area contributed by atoms with Gasteiger partial charge in [-0.05, 0) is 127 Å². The van der Waals surface area contributed by atoms with Crippen molar-refractivity contribution in [1.82, 2.24) is 0 Å². The Hall–Kier alpha value is -2.62. The van der Waals surface area contributed by atoms with Crippen molar-refractivity contribution >= 4 is 49.0 Å². The van der Waals surface area contributed by atoms with Crippen LogP contribution in [0.15, 0.2) is 66.3 Å². The van der Waals surface area contributed by atoms with E-state index in [1.165, 1.54) is 0 Å². The summed E-state index contributed by atoms with van der Waals surface area (Å²) in [5, 5.41) is 25.3. The number of halogens is 2. The molecular weight excluding hydrogens is 869 g/mol. The first-order valence-electron chi connectivity index (χ1n) is 22.4. The number of hydrogen-bond acceptors (Lipinski definition) is 10. The molecule has 2 N–H and O–H groups in total. The third-order valence-electron chi connectivity index (χ3n) is 10.8. The summed E-state index contributed by atoms with van der Waals surface area (Å²) in [5.74, 6) is 1.49. The van der Waals surface area contributed by atoms with Crippen LogP contribution in [0.5, 0.6) is 17.2 Å². The summed E-state index contributed by atoms with van der Waals surface area (Å²) >= 11 is 12.1. The molecule has 0 saturated heterocycles. The zero-order chi connectivity index (χ0) is 44.5. The molecule has 0 spiro atoms. The highest BCUT2D eigenvalue weighted by molar-refractivity contribution is 7.62. The molecular formula is C48H66Cl2O10P2. The Bertz CT molecular complexity index is 2050. The number of rotatable bonds is 24. The van der Waals surface area contributed by atoms with E-state index in [2.05, 4.69) is 6.08 Å². The van der Waals surface area contributed by atoms with Crippen LogP contribution in [-0.4, -0.2) is 67.7 Å². The van der Waals surface area contributed by atoms with Crippen molar-refractivity contribution in [2.24, 2.45) is 5.92 Å². The van der Waals surface area contributed by atoms with E-state index < -0.39 is 21.3 Å². The number of aromatic hydroxyl groups is 2. The summed E-state index contributed by atoms with van der Waals surface area (Å²) in [6.07, 6.45) is 12.2. The van der Waals surface area contributed by atoms with Crippen LogP contribution in [0.1, 0.15) is 112 Å². The minimum Gasteiger partial charge on any atom is -0.507 e. The third-order valence-corrected chi connectivity index (χ3v) is 15.2. The fourth-order valence-corrected chi connectivity index (χ4v) is 11.8. The summed E-state index contributed by atoms with van der Waals surface area (Å²) < 4.78 is 67.0. The van der Waals surface area contributed by atoms with Crippen molar-refractivity contribution in [3.8, 4) is 17.2 Å². The molecule has 62 heavy (non-hydrogen) atoms. The van der Waals surface area contributed by atoms with E-state index >= 15 is 0 Å². The van der Waals surface area contributed by atoms with Crippen LogP contribution in [0.2, 0.25) is 0 Å². The molecule has 10 nitrogen and oxygen atoms in total. The molecule has 5 rings (SSSR count). The molecule has 0 amide bonds. The standard InChI is InChI=1S/C48H66Cl2O10P2/c1-5-21-57-61(53,58-22-6-2)43-31-39-27-35-15-13-17-37(47(35)55-25-11-9-19-49)29-41-33-44(62(54,59-23-7-3)60-24-8-4)34-42(46(41)52)30-38-18-14-16-36(28-40(32-43)45(39)51)48(38)56-26-12-10-20-50/h13-18,31-35,47,51-52H,5-12,19-30H2,1-4H3. The average molecular weight is 936 g/mol. The molecule has 0 radical (unpaired) electrons. The maximum atomic E-state index is 14.7. The van der Waals surface area contributed by atoms with E-state index in [-0.39, 0.29) is 63.1 Å². The Balaban J connectivity index is 1.78. The summed E-state index contributed by atoms with van der Waals surface area (Å²) in [6.45, 7) is 9.61. The normalized spacial score (nSPS) is 16.6. The van der Waals surface area contributed by atoms with Gasteiger partial charge in [0.2, 0.25) is 0 Å². The lowest BCUT2D eigenvalue weighted by Gasteiger charge is -2.31. The van der Waals surface area contributed by atoms with Crippen molar-refractivity contribution in [2.75, 3.05) is 51.4 Å². The highest BCUT2D eigenvalue weighted by Crippen LogP contribution is 2.51. The molecule has 14 heteroatoms. The number of fused-ring (bicyclic) bond motifs is 8. The number of phenolic OH excluding ortho intramolecular Hbond substituents is 2. The summed E-state index contributed by atoms with van der Waals surface area (Å²) in [5.41, 5.74) is 4.64. The molecule has 2 unspecified atom stereocenters. The highest BCUT2D eigenvalue weighted by Gasteiger charge is 2.35. The van der Waals surface area contributed by atoms with Crippen LogP contribution >= 0.6 is 38.4 Å². The zero-order valence-corrected chi connectivity index (χ0v) is 40.2. The Morgan fingerprint density at radius 1 is 0.613 bits per heavy atom. The maximum absolute atomic E-state index is 14.7. The van der Waals surface area contributed by atoms with Crippen LogP contribution in [-0.2, 0) is 57.6 Å². The Kier molecular flexibility index (Phi) is 20.5. The van der Waals surface area contributed by atoms with Gasteiger partial charge in [0.05, 0.1) is 49.7 Å². The quantitative estimate of drug-likeness (QED) is 0.0509. The molecule has 8 bridgehead atoms. The number of benzene rings is 3. The van der Waals surface area contributed by atoms with Crippen molar-refractivity contribution in [3.05, 3.63) is 99.6 Å². The number of phenols is 2. The Morgan fingerprint density at radius 2 is 1.08 bits per heavy atom. The van der Waals surface area contributed by atoms with Gasteiger partial charge in [-0.1, -0.05) is 64.1 Å². The zero-order valence-electron chi connectivity index (χ0n) is 36.9. The monoisotopic (exact) mass is 934 g/mol. The third kappa shape index (κ3) is 13.2. The summed E-state index contributed by atoms with van der Waals surface area (Å²) in [7, 11) is -7.64.